The van der Waals surface area contributed by atoms with Gasteiger partial charge in [0.15, 0.2) is 0 Å². The molecule has 0 radical (unpaired) electrons. The van der Waals surface area contributed by atoms with Crippen LogP contribution in [0.15, 0.2) is 24.3 Å². The second kappa shape index (κ2) is 7.75. The Hall–Kier alpha value is -1.39. The molecule has 0 spiro atoms. The number of nitrogens with one attached hydrogen (secondary N) is 2. The first kappa shape index (κ1) is 15.5. The average molecular weight is 302 g/mol. The highest BCUT2D eigenvalue weighted by Gasteiger charge is 2.23. The van der Waals surface area contributed by atoms with Gasteiger partial charge in [-0.05, 0) is 30.4 Å². The monoisotopic (exact) mass is 302 g/mol. The summed E-state index contributed by atoms with van der Waals surface area (Å²) < 4.78 is 5.84. The van der Waals surface area contributed by atoms with E-state index in [2.05, 4.69) is 22.8 Å². The van der Waals surface area contributed by atoms with Gasteiger partial charge in [0.05, 0.1) is 18.8 Å². The lowest BCUT2D eigenvalue weighted by Crippen LogP contribution is -2.48. The van der Waals surface area contributed by atoms with E-state index < -0.39 is 0 Å². The van der Waals surface area contributed by atoms with Crippen LogP contribution in [0.1, 0.15) is 43.2 Å². The second-order valence-electron chi connectivity index (χ2n) is 6.33. The SMILES string of the molecule is O=C(NCCOC1CCCCC1)C1Cc2ccccc2CN1. The van der Waals surface area contributed by atoms with Crippen LogP contribution >= 0.6 is 0 Å². The van der Waals surface area contributed by atoms with Crippen LogP contribution in [0.25, 0.3) is 0 Å². The summed E-state index contributed by atoms with van der Waals surface area (Å²) in [6.07, 6.45) is 7.43. The summed E-state index contributed by atoms with van der Waals surface area (Å²) in [5, 5.41) is 6.31. The minimum absolute atomic E-state index is 0.0850. The first-order valence-electron chi connectivity index (χ1n) is 8.52. The number of fused-ring (bicyclic) bond motifs is 1. The summed E-state index contributed by atoms with van der Waals surface area (Å²) in [5.74, 6) is 0.0850. The Kier molecular flexibility index (Phi) is 5.46. The van der Waals surface area contributed by atoms with Crippen LogP contribution in [0.2, 0.25) is 0 Å². The average Bonchev–Trinajstić information content (AvgIpc) is 2.59. The van der Waals surface area contributed by atoms with Crippen LogP contribution < -0.4 is 10.6 Å². The Bertz CT molecular complexity index is 498. The smallest absolute Gasteiger partial charge is 0.237 e. The maximum absolute atomic E-state index is 12.2. The van der Waals surface area contributed by atoms with Crippen LogP contribution in [0.3, 0.4) is 0 Å². The molecule has 4 heteroatoms. The van der Waals surface area contributed by atoms with Gasteiger partial charge in [0, 0.05) is 13.1 Å². The van der Waals surface area contributed by atoms with Crippen LogP contribution in [-0.4, -0.2) is 31.2 Å². The van der Waals surface area contributed by atoms with Crippen LogP contribution in [-0.2, 0) is 22.5 Å². The Balaban J connectivity index is 1.37. The number of carbonyl (C=O) groups excluding carboxylic acids is 1. The molecule has 2 N–H and O–H groups in total. The third kappa shape index (κ3) is 4.08. The van der Waals surface area contributed by atoms with E-state index in [1.54, 1.807) is 0 Å². The number of ether oxygens (including phenoxy) is 1. The van der Waals surface area contributed by atoms with Crippen molar-refractivity contribution >= 4 is 5.91 Å². The van der Waals surface area contributed by atoms with E-state index in [-0.39, 0.29) is 11.9 Å². The molecule has 4 nitrogen and oxygen atoms in total. The van der Waals surface area contributed by atoms with Crippen molar-refractivity contribution < 1.29 is 9.53 Å². The minimum Gasteiger partial charge on any atom is -0.376 e. The molecule has 0 bridgehead atoms. The fourth-order valence-electron chi connectivity index (χ4n) is 3.39. The topological polar surface area (TPSA) is 50.4 Å². The Morgan fingerprint density at radius 3 is 2.77 bits per heavy atom. The zero-order valence-electron chi connectivity index (χ0n) is 13.1. The van der Waals surface area contributed by atoms with E-state index in [0.717, 1.165) is 13.0 Å². The van der Waals surface area contributed by atoms with Crippen LogP contribution in [0, 0.1) is 0 Å². The first-order chi connectivity index (χ1) is 10.8. The lowest BCUT2D eigenvalue weighted by molar-refractivity contribution is -0.123. The van der Waals surface area contributed by atoms with Gasteiger partial charge in [-0.3, -0.25) is 4.79 Å². The number of amides is 1. The zero-order valence-corrected chi connectivity index (χ0v) is 13.1. The summed E-state index contributed by atoms with van der Waals surface area (Å²) in [5.41, 5.74) is 2.58. The van der Waals surface area contributed by atoms with Crippen LogP contribution in [0.4, 0.5) is 0 Å². The fourth-order valence-corrected chi connectivity index (χ4v) is 3.39. The molecule has 1 saturated carbocycles. The number of hydrogen-bond acceptors (Lipinski definition) is 3. The molecule has 2 aliphatic rings. The van der Waals surface area contributed by atoms with Crippen molar-refractivity contribution in [2.75, 3.05) is 13.2 Å². The Morgan fingerprint density at radius 1 is 1.18 bits per heavy atom. The third-order valence-corrected chi connectivity index (χ3v) is 4.70. The van der Waals surface area contributed by atoms with E-state index in [1.165, 1.54) is 43.2 Å². The molecule has 1 aliphatic heterocycles. The molecule has 1 unspecified atom stereocenters. The number of carbonyl (C=O) groups is 1. The summed E-state index contributed by atoms with van der Waals surface area (Å²) in [4.78, 5) is 12.2. The van der Waals surface area contributed by atoms with Gasteiger partial charge < -0.3 is 15.4 Å². The van der Waals surface area contributed by atoms with Crippen molar-refractivity contribution in [3.63, 3.8) is 0 Å². The molecule has 22 heavy (non-hydrogen) atoms. The Labute approximate surface area is 132 Å². The van der Waals surface area contributed by atoms with E-state index in [9.17, 15) is 4.79 Å². The number of rotatable bonds is 5. The van der Waals surface area contributed by atoms with Gasteiger partial charge in [0.1, 0.15) is 0 Å². The van der Waals surface area contributed by atoms with E-state index in [0.29, 0.717) is 19.3 Å². The lowest BCUT2D eigenvalue weighted by atomic mass is 9.95. The Morgan fingerprint density at radius 2 is 1.95 bits per heavy atom. The highest BCUT2D eigenvalue weighted by molar-refractivity contribution is 5.82. The summed E-state index contributed by atoms with van der Waals surface area (Å²) in [6, 6.07) is 8.20. The van der Waals surface area contributed by atoms with Crippen molar-refractivity contribution in [1.82, 2.24) is 10.6 Å². The predicted molar refractivity (Wildman–Crippen MR) is 86.6 cm³/mol. The number of benzene rings is 1. The first-order valence-corrected chi connectivity index (χ1v) is 8.52. The lowest BCUT2D eigenvalue weighted by Gasteiger charge is -2.26. The molecule has 1 aromatic rings. The van der Waals surface area contributed by atoms with Gasteiger partial charge in [0.2, 0.25) is 5.91 Å². The van der Waals surface area contributed by atoms with Gasteiger partial charge >= 0.3 is 0 Å². The summed E-state index contributed by atoms with van der Waals surface area (Å²) in [6.45, 7) is 2.00. The number of hydrogen-bond donors (Lipinski definition) is 2. The molecule has 1 fully saturated rings. The molecular formula is C18H26N2O2. The van der Waals surface area contributed by atoms with E-state index in [4.69, 9.17) is 4.74 Å². The van der Waals surface area contributed by atoms with Gasteiger partial charge in [0.25, 0.3) is 0 Å². The van der Waals surface area contributed by atoms with Crippen molar-refractivity contribution in [3.05, 3.63) is 35.4 Å². The normalized spacial score (nSPS) is 22.1. The van der Waals surface area contributed by atoms with E-state index in [1.807, 2.05) is 12.1 Å². The predicted octanol–water partition coefficient (Wildman–Crippen LogP) is 2.17. The molecule has 120 valence electrons. The minimum atomic E-state index is -0.121. The van der Waals surface area contributed by atoms with Crippen LogP contribution in [0.5, 0.6) is 0 Å². The summed E-state index contributed by atoms with van der Waals surface area (Å²) >= 11 is 0. The van der Waals surface area contributed by atoms with Gasteiger partial charge in [-0.15, -0.1) is 0 Å². The maximum Gasteiger partial charge on any atom is 0.237 e. The van der Waals surface area contributed by atoms with Crippen molar-refractivity contribution in [1.29, 1.82) is 0 Å². The highest BCUT2D eigenvalue weighted by Crippen LogP contribution is 2.20. The molecule has 1 amide bonds. The molecule has 0 aromatic heterocycles. The quantitative estimate of drug-likeness (QED) is 0.820. The molecule has 1 aromatic carbocycles. The van der Waals surface area contributed by atoms with Gasteiger partial charge in [-0.25, -0.2) is 0 Å². The second-order valence-corrected chi connectivity index (χ2v) is 6.33. The van der Waals surface area contributed by atoms with Crippen molar-refractivity contribution in [2.24, 2.45) is 0 Å². The highest BCUT2D eigenvalue weighted by atomic mass is 16.5. The van der Waals surface area contributed by atoms with Crippen molar-refractivity contribution in [2.45, 2.75) is 57.2 Å². The largest absolute Gasteiger partial charge is 0.376 e. The molecule has 0 saturated heterocycles. The maximum atomic E-state index is 12.2. The molecule has 1 heterocycles. The van der Waals surface area contributed by atoms with E-state index >= 15 is 0 Å². The zero-order chi connectivity index (χ0) is 15.2. The standard InChI is InChI=1S/C18H26N2O2/c21-18(19-10-11-22-16-8-2-1-3-9-16)17-12-14-6-4-5-7-15(14)13-20-17/h4-7,16-17,20H,1-3,8-13H2,(H,19,21). The third-order valence-electron chi connectivity index (χ3n) is 4.70. The molecular weight excluding hydrogens is 276 g/mol. The van der Waals surface area contributed by atoms with Gasteiger partial charge in [-0.2, -0.15) is 0 Å². The van der Waals surface area contributed by atoms with Crippen molar-refractivity contribution in [3.8, 4) is 0 Å². The molecule has 1 aliphatic carbocycles. The molecule has 3 rings (SSSR count). The summed E-state index contributed by atoms with van der Waals surface area (Å²) in [7, 11) is 0. The molecule has 1 atom stereocenters. The fraction of sp³-hybridized carbons (Fsp3) is 0.611. The van der Waals surface area contributed by atoms with Gasteiger partial charge in [-0.1, -0.05) is 43.5 Å².